The Balaban J connectivity index is 2.99. The maximum Gasteiger partial charge on any atom is 0.128 e. The molecule has 0 spiro atoms. The first kappa shape index (κ1) is 17.6. The molecule has 0 radical (unpaired) electrons. The van der Waals surface area contributed by atoms with Gasteiger partial charge in [-0.3, -0.25) is 4.90 Å². The lowest BCUT2D eigenvalue weighted by atomic mass is 9.99. The highest BCUT2D eigenvalue weighted by atomic mass is 79.9. The van der Waals surface area contributed by atoms with Gasteiger partial charge in [-0.15, -0.1) is 0 Å². The maximum atomic E-state index is 14.1. The molecule has 20 heavy (non-hydrogen) atoms. The third-order valence-electron chi connectivity index (χ3n) is 4.03. The smallest absolute Gasteiger partial charge is 0.128 e. The number of nitrogens with two attached hydrogens (primary N) is 1. The van der Waals surface area contributed by atoms with E-state index in [2.05, 4.69) is 41.6 Å². The lowest BCUT2D eigenvalue weighted by molar-refractivity contribution is 0.171. The van der Waals surface area contributed by atoms with Crippen LogP contribution in [0.2, 0.25) is 0 Å². The van der Waals surface area contributed by atoms with Crippen molar-refractivity contribution in [3.63, 3.8) is 0 Å². The summed E-state index contributed by atoms with van der Waals surface area (Å²) in [6.45, 7) is 8.81. The molecule has 114 valence electrons. The fraction of sp³-hybridized carbons (Fsp3) is 0.625. The van der Waals surface area contributed by atoms with E-state index in [9.17, 15) is 4.39 Å². The lowest BCUT2D eigenvalue weighted by Crippen LogP contribution is -2.37. The molecule has 1 atom stereocenters. The van der Waals surface area contributed by atoms with Gasteiger partial charge in [-0.05, 0) is 30.7 Å². The predicted molar refractivity (Wildman–Crippen MR) is 87.2 cm³/mol. The average molecular weight is 345 g/mol. The molecule has 0 aliphatic rings. The lowest BCUT2D eigenvalue weighted by Gasteiger charge is -2.33. The Bertz CT molecular complexity index is 407. The Morgan fingerprint density at radius 1 is 1.25 bits per heavy atom. The van der Waals surface area contributed by atoms with E-state index in [1.54, 1.807) is 6.07 Å². The molecular weight excluding hydrogens is 319 g/mol. The van der Waals surface area contributed by atoms with Crippen LogP contribution in [0.25, 0.3) is 0 Å². The largest absolute Gasteiger partial charge is 0.329 e. The Labute approximate surface area is 130 Å². The zero-order valence-electron chi connectivity index (χ0n) is 12.7. The van der Waals surface area contributed by atoms with Gasteiger partial charge in [-0.2, -0.15) is 0 Å². The van der Waals surface area contributed by atoms with Crippen molar-refractivity contribution in [1.29, 1.82) is 0 Å². The highest BCUT2D eigenvalue weighted by Gasteiger charge is 2.23. The summed E-state index contributed by atoms with van der Waals surface area (Å²) in [6, 6.07) is 5.03. The molecule has 2 nitrogen and oxygen atoms in total. The van der Waals surface area contributed by atoms with Crippen molar-refractivity contribution in [2.45, 2.75) is 39.7 Å². The first-order chi connectivity index (χ1) is 9.57. The Morgan fingerprint density at radius 3 is 2.40 bits per heavy atom. The van der Waals surface area contributed by atoms with Gasteiger partial charge in [0.2, 0.25) is 0 Å². The summed E-state index contributed by atoms with van der Waals surface area (Å²) in [6.07, 6.45) is 2.29. The quantitative estimate of drug-likeness (QED) is 0.759. The number of rotatable bonds is 8. The monoisotopic (exact) mass is 344 g/mol. The number of halogens is 2. The molecule has 1 aromatic carbocycles. The van der Waals surface area contributed by atoms with Crippen LogP contribution in [-0.4, -0.2) is 24.5 Å². The summed E-state index contributed by atoms with van der Waals surface area (Å²) in [7, 11) is 0. The van der Waals surface area contributed by atoms with E-state index in [0.29, 0.717) is 18.0 Å². The van der Waals surface area contributed by atoms with Gasteiger partial charge in [0.15, 0.2) is 0 Å². The first-order valence-corrected chi connectivity index (χ1v) is 8.25. The van der Waals surface area contributed by atoms with Crippen LogP contribution in [0.3, 0.4) is 0 Å². The van der Waals surface area contributed by atoms with Crippen molar-refractivity contribution in [3.8, 4) is 0 Å². The SMILES string of the molecule is CCC(CC)CN(CC)C(CN)c1cc(Br)ccc1F. The van der Waals surface area contributed by atoms with Crippen LogP contribution in [0.5, 0.6) is 0 Å². The van der Waals surface area contributed by atoms with Crippen molar-refractivity contribution in [1.82, 2.24) is 4.90 Å². The zero-order valence-corrected chi connectivity index (χ0v) is 14.3. The van der Waals surface area contributed by atoms with E-state index >= 15 is 0 Å². The average Bonchev–Trinajstić information content (AvgIpc) is 2.46. The van der Waals surface area contributed by atoms with Crippen LogP contribution in [-0.2, 0) is 0 Å². The Kier molecular flexibility index (Phi) is 7.70. The van der Waals surface area contributed by atoms with Gasteiger partial charge in [0.05, 0.1) is 0 Å². The Hall–Kier alpha value is -0.450. The molecule has 0 aliphatic carbocycles. The molecule has 1 rings (SSSR count). The van der Waals surface area contributed by atoms with Crippen molar-refractivity contribution in [2.75, 3.05) is 19.6 Å². The minimum Gasteiger partial charge on any atom is -0.329 e. The Morgan fingerprint density at radius 2 is 1.90 bits per heavy atom. The zero-order chi connectivity index (χ0) is 15.1. The summed E-state index contributed by atoms with van der Waals surface area (Å²) in [5, 5.41) is 0. The van der Waals surface area contributed by atoms with Gasteiger partial charge in [0.25, 0.3) is 0 Å². The summed E-state index contributed by atoms with van der Waals surface area (Å²) >= 11 is 3.42. The van der Waals surface area contributed by atoms with Crippen LogP contribution < -0.4 is 5.73 Å². The van der Waals surface area contributed by atoms with Crippen LogP contribution >= 0.6 is 15.9 Å². The van der Waals surface area contributed by atoms with E-state index < -0.39 is 0 Å². The van der Waals surface area contributed by atoms with Gasteiger partial charge in [-0.25, -0.2) is 4.39 Å². The standard InChI is InChI=1S/C16H26BrFN2/c1-4-12(5-2)11-20(6-3)16(10-19)14-9-13(17)7-8-15(14)18/h7-9,12,16H,4-6,10-11,19H2,1-3H3. The molecule has 0 saturated carbocycles. The predicted octanol–water partition coefficient (Wildman–Crippen LogP) is 4.35. The molecule has 0 aromatic heterocycles. The van der Waals surface area contributed by atoms with Crippen molar-refractivity contribution < 1.29 is 4.39 Å². The topological polar surface area (TPSA) is 29.3 Å². The third-order valence-corrected chi connectivity index (χ3v) is 4.53. The first-order valence-electron chi connectivity index (χ1n) is 7.46. The van der Waals surface area contributed by atoms with Crippen LogP contribution in [0, 0.1) is 11.7 Å². The molecule has 0 fully saturated rings. The molecule has 1 unspecified atom stereocenters. The van der Waals surface area contributed by atoms with Crippen molar-refractivity contribution in [2.24, 2.45) is 11.7 Å². The highest BCUT2D eigenvalue weighted by molar-refractivity contribution is 9.10. The van der Waals surface area contributed by atoms with Gasteiger partial charge in [-0.1, -0.05) is 49.5 Å². The molecular formula is C16H26BrFN2. The van der Waals surface area contributed by atoms with Crippen LogP contribution in [0.15, 0.2) is 22.7 Å². The molecule has 0 saturated heterocycles. The molecule has 1 aromatic rings. The second-order valence-electron chi connectivity index (χ2n) is 5.19. The van der Waals surface area contributed by atoms with E-state index in [1.165, 1.54) is 6.07 Å². The molecule has 2 N–H and O–H groups in total. The second kappa shape index (κ2) is 8.75. The van der Waals surface area contributed by atoms with E-state index in [-0.39, 0.29) is 11.9 Å². The molecule has 0 heterocycles. The fourth-order valence-electron chi connectivity index (χ4n) is 2.60. The molecule has 0 aliphatic heterocycles. The van der Waals surface area contributed by atoms with Crippen molar-refractivity contribution >= 4 is 15.9 Å². The normalized spacial score (nSPS) is 13.2. The van der Waals surface area contributed by atoms with Crippen LogP contribution in [0.4, 0.5) is 4.39 Å². The van der Waals surface area contributed by atoms with Gasteiger partial charge >= 0.3 is 0 Å². The third kappa shape index (κ3) is 4.54. The molecule has 4 heteroatoms. The highest BCUT2D eigenvalue weighted by Crippen LogP contribution is 2.27. The maximum absolute atomic E-state index is 14.1. The fourth-order valence-corrected chi connectivity index (χ4v) is 2.98. The number of hydrogen-bond donors (Lipinski definition) is 1. The summed E-state index contributed by atoms with van der Waals surface area (Å²) in [5.74, 6) is 0.464. The van der Waals surface area contributed by atoms with Crippen molar-refractivity contribution in [3.05, 3.63) is 34.1 Å². The van der Waals surface area contributed by atoms with Gasteiger partial charge in [0.1, 0.15) is 5.82 Å². The van der Waals surface area contributed by atoms with E-state index in [1.807, 2.05) is 6.07 Å². The van der Waals surface area contributed by atoms with E-state index in [0.717, 1.165) is 30.4 Å². The van der Waals surface area contributed by atoms with Crippen LogP contribution in [0.1, 0.15) is 45.2 Å². The second-order valence-corrected chi connectivity index (χ2v) is 6.10. The van der Waals surface area contributed by atoms with Gasteiger partial charge < -0.3 is 5.73 Å². The van der Waals surface area contributed by atoms with E-state index in [4.69, 9.17) is 5.73 Å². The minimum atomic E-state index is -0.174. The number of hydrogen-bond acceptors (Lipinski definition) is 2. The number of nitrogens with zero attached hydrogens (tertiary/aromatic N) is 1. The summed E-state index contributed by atoms with van der Waals surface area (Å²) in [5.41, 5.74) is 6.62. The summed E-state index contributed by atoms with van der Waals surface area (Å²) < 4.78 is 15.0. The number of likely N-dealkylation sites (N-methyl/N-ethyl adjacent to an activating group) is 1. The summed E-state index contributed by atoms with van der Waals surface area (Å²) in [4.78, 5) is 2.29. The minimum absolute atomic E-state index is 0.0573. The molecule has 0 amide bonds. The van der Waals surface area contributed by atoms with Gasteiger partial charge in [0, 0.05) is 29.2 Å². The molecule has 0 bridgehead atoms. The number of benzene rings is 1.